The van der Waals surface area contributed by atoms with Crippen LogP contribution in [0.25, 0.3) is 11.4 Å². The van der Waals surface area contributed by atoms with Crippen molar-refractivity contribution < 1.29 is 9.72 Å². The van der Waals surface area contributed by atoms with Crippen molar-refractivity contribution in [2.75, 3.05) is 5.75 Å². The third kappa shape index (κ3) is 4.87. The van der Waals surface area contributed by atoms with Gasteiger partial charge in [-0.2, -0.15) is 0 Å². The Labute approximate surface area is 182 Å². The number of carbonyl (C=O) groups excluding carboxylic acids is 1. The maximum absolute atomic E-state index is 12.5. The quantitative estimate of drug-likeness (QED) is 0.171. The molecule has 0 aliphatic rings. The van der Waals surface area contributed by atoms with Crippen LogP contribution in [0.2, 0.25) is 0 Å². The summed E-state index contributed by atoms with van der Waals surface area (Å²) in [6, 6.07) is 25.2. The first-order chi connectivity index (χ1) is 15.1. The summed E-state index contributed by atoms with van der Waals surface area (Å²) in [7, 11) is 0. The van der Waals surface area contributed by atoms with Gasteiger partial charge in [0.15, 0.2) is 16.8 Å². The molecule has 0 spiro atoms. The summed E-state index contributed by atoms with van der Waals surface area (Å²) in [6.45, 7) is 0.516. The molecule has 4 rings (SSSR count). The topological polar surface area (TPSA) is 90.9 Å². The molecule has 0 radical (unpaired) electrons. The first-order valence-electron chi connectivity index (χ1n) is 9.55. The normalized spacial score (nSPS) is 10.7. The Morgan fingerprint density at radius 1 is 0.903 bits per heavy atom. The number of non-ortho nitro benzene ring substituents is 1. The van der Waals surface area contributed by atoms with Crippen LogP contribution in [0.15, 0.2) is 90.1 Å². The maximum atomic E-state index is 12.5. The Morgan fingerprint density at radius 3 is 2.19 bits per heavy atom. The van der Waals surface area contributed by atoms with Crippen molar-refractivity contribution >= 4 is 23.2 Å². The first-order valence-corrected chi connectivity index (χ1v) is 10.5. The first kappa shape index (κ1) is 20.5. The minimum Gasteiger partial charge on any atom is -0.298 e. The lowest BCUT2D eigenvalue weighted by Crippen LogP contribution is -2.07. The Bertz CT molecular complexity index is 1190. The smallest absolute Gasteiger partial charge is 0.269 e. The van der Waals surface area contributed by atoms with Crippen LogP contribution < -0.4 is 0 Å². The second-order valence-corrected chi connectivity index (χ2v) is 7.70. The highest BCUT2D eigenvalue weighted by Crippen LogP contribution is 2.27. The second-order valence-electron chi connectivity index (χ2n) is 6.76. The van der Waals surface area contributed by atoms with Crippen molar-refractivity contribution in [2.45, 2.75) is 11.7 Å². The Balaban J connectivity index is 1.63. The molecule has 1 aromatic heterocycles. The van der Waals surface area contributed by atoms with Gasteiger partial charge >= 0.3 is 0 Å². The van der Waals surface area contributed by atoms with Crippen LogP contribution in [0.5, 0.6) is 0 Å². The average Bonchev–Trinajstić information content (AvgIpc) is 3.21. The van der Waals surface area contributed by atoms with Crippen LogP contribution in [-0.2, 0) is 6.54 Å². The number of hydrogen-bond acceptors (Lipinski definition) is 6. The number of benzene rings is 3. The fourth-order valence-corrected chi connectivity index (χ4v) is 3.92. The van der Waals surface area contributed by atoms with E-state index in [9.17, 15) is 14.9 Å². The largest absolute Gasteiger partial charge is 0.298 e. The number of rotatable bonds is 8. The molecule has 4 aromatic rings. The maximum Gasteiger partial charge on any atom is 0.269 e. The summed E-state index contributed by atoms with van der Waals surface area (Å²) >= 11 is 1.32. The molecule has 8 heteroatoms. The van der Waals surface area contributed by atoms with E-state index in [-0.39, 0.29) is 17.2 Å². The van der Waals surface area contributed by atoms with Crippen LogP contribution in [0, 0.1) is 10.1 Å². The number of ketones is 1. The SMILES string of the molecule is O=C(CSc1nnc(-c2ccc([N+](=O)[O-])cc2)n1Cc1ccccc1)c1ccccc1. The minimum atomic E-state index is -0.436. The second kappa shape index (κ2) is 9.36. The van der Waals surface area contributed by atoms with Crippen molar-refractivity contribution in [3.05, 3.63) is 106 Å². The molecule has 0 aliphatic carbocycles. The zero-order chi connectivity index (χ0) is 21.6. The Hall–Kier alpha value is -3.78. The van der Waals surface area contributed by atoms with Gasteiger partial charge in [-0.3, -0.25) is 19.5 Å². The van der Waals surface area contributed by atoms with Gasteiger partial charge in [0.1, 0.15) is 0 Å². The molecule has 7 nitrogen and oxygen atoms in total. The standard InChI is InChI=1S/C23H18N4O3S/c28-21(18-9-5-2-6-10-18)16-31-23-25-24-22(19-11-13-20(14-12-19)27(29)30)26(23)15-17-7-3-1-4-8-17/h1-14H,15-16H2. The molecule has 0 N–H and O–H groups in total. The van der Waals surface area contributed by atoms with E-state index >= 15 is 0 Å². The van der Waals surface area contributed by atoms with E-state index in [1.165, 1.54) is 23.9 Å². The van der Waals surface area contributed by atoms with Crippen LogP contribution in [0.3, 0.4) is 0 Å². The lowest BCUT2D eigenvalue weighted by atomic mass is 10.2. The molecule has 3 aromatic carbocycles. The molecule has 0 amide bonds. The number of carbonyl (C=O) groups is 1. The number of Topliss-reactive ketones (excluding diaryl/α,β-unsaturated/α-hetero) is 1. The highest BCUT2D eigenvalue weighted by atomic mass is 32.2. The lowest BCUT2D eigenvalue weighted by molar-refractivity contribution is -0.384. The molecule has 1 heterocycles. The van der Waals surface area contributed by atoms with Crippen molar-refractivity contribution in [2.24, 2.45) is 0 Å². The number of aromatic nitrogens is 3. The lowest BCUT2D eigenvalue weighted by Gasteiger charge is -2.10. The van der Waals surface area contributed by atoms with E-state index in [0.717, 1.165) is 11.1 Å². The van der Waals surface area contributed by atoms with E-state index in [2.05, 4.69) is 10.2 Å². The number of nitrogens with zero attached hydrogens (tertiary/aromatic N) is 4. The highest BCUT2D eigenvalue weighted by Gasteiger charge is 2.17. The number of nitro groups is 1. The molecule has 31 heavy (non-hydrogen) atoms. The fraction of sp³-hybridized carbons (Fsp3) is 0.0870. The summed E-state index contributed by atoms with van der Waals surface area (Å²) < 4.78 is 1.93. The summed E-state index contributed by atoms with van der Waals surface area (Å²) in [6.07, 6.45) is 0. The van der Waals surface area contributed by atoms with Gasteiger partial charge in [-0.1, -0.05) is 72.4 Å². The molecule has 0 aliphatic heterocycles. The highest BCUT2D eigenvalue weighted by molar-refractivity contribution is 7.99. The molecule has 0 unspecified atom stereocenters. The van der Waals surface area contributed by atoms with Gasteiger partial charge in [-0.05, 0) is 17.7 Å². The monoisotopic (exact) mass is 430 g/mol. The minimum absolute atomic E-state index is 0.0109. The number of thioether (sulfide) groups is 1. The molecular formula is C23H18N4O3S. The van der Waals surface area contributed by atoms with Gasteiger partial charge < -0.3 is 0 Å². The molecule has 0 saturated heterocycles. The van der Waals surface area contributed by atoms with E-state index in [4.69, 9.17) is 0 Å². The van der Waals surface area contributed by atoms with Gasteiger partial charge in [0.25, 0.3) is 5.69 Å². The Kier molecular flexibility index (Phi) is 6.18. The third-order valence-electron chi connectivity index (χ3n) is 4.66. The predicted octanol–water partition coefficient (Wildman–Crippen LogP) is 4.88. The van der Waals surface area contributed by atoms with Crippen molar-refractivity contribution in [3.63, 3.8) is 0 Å². The molecule has 0 bridgehead atoms. The van der Waals surface area contributed by atoms with E-state index in [1.807, 2.05) is 53.1 Å². The zero-order valence-electron chi connectivity index (χ0n) is 16.4. The van der Waals surface area contributed by atoms with Gasteiger partial charge in [0, 0.05) is 23.3 Å². The fourth-order valence-electron chi connectivity index (χ4n) is 3.09. The van der Waals surface area contributed by atoms with Crippen LogP contribution >= 0.6 is 11.8 Å². The number of nitro benzene ring substituents is 1. The van der Waals surface area contributed by atoms with Crippen molar-refractivity contribution in [3.8, 4) is 11.4 Å². The van der Waals surface area contributed by atoms with Crippen molar-refractivity contribution in [1.29, 1.82) is 0 Å². The average molecular weight is 430 g/mol. The van der Waals surface area contributed by atoms with Gasteiger partial charge in [0.2, 0.25) is 0 Å². The predicted molar refractivity (Wildman–Crippen MR) is 119 cm³/mol. The third-order valence-corrected chi connectivity index (χ3v) is 5.63. The van der Waals surface area contributed by atoms with Crippen LogP contribution in [0.1, 0.15) is 15.9 Å². The van der Waals surface area contributed by atoms with Gasteiger partial charge in [0.05, 0.1) is 17.2 Å². The van der Waals surface area contributed by atoms with Crippen LogP contribution in [0.4, 0.5) is 5.69 Å². The molecular weight excluding hydrogens is 412 g/mol. The van der Waals surface area contributed by atoms with Gasteiger partial charge in [-0.25, -0.2) is 0 Å². The molecule has 0 atom stereocenters. The summed E-state index contributed by atoms with van der Waals surface area (Å²) in [5.41, 5.74) is 2.44. The van der Waals surface area contributed by atoms with E-state index < -0.39 is 4.92 Å². The summed E-state index contributed by atoms with van der Waals surface area (Å²) in [4.78, 5) is 23.1. The van der Waals surface area contributed by atoms with Crippen molar-refractivity contribution in [1.82, 2.24) is 14.8 Å². The molecule has 0 saturated carbocycles. The summed E-state index contributed by atoms with van der Waals surface area (Å²) in [5, 5.41) is 20.2. The van der Waals surface area contributed by atoms with Gasteiger partial charge in [-0.15, -0.1) is 10.2 Å². The van der Waals surface area contributed by atoms with E-state index in [0.29, 0.717) is 23.1 Å². The summed E-state index contributed by atoms with van der Waals surface area (Å²) in [5.74, 6) is 0.835. The zero-order valence-corrected chi connectivity index (χ0v) is 17.2. The molecule has 0 fully saturated rings. The molecule has 154 valence electrons. The Morgan fingerprint density at radius 2 is 1.55 bits per heavy atom. The number of hydrogen-bond donors (Lipinski definition) is 0. The van der Waals surface area contributed by atoms with E-state index in [1.54, 1.807) is 24.3 Å². The van der Waals surface area contributed by atoms with Crippen LogP contribution in [-0.4, -0.2) is 31.2 Å².